The molecule has 1 rings (SSSR count). The van der Waals surface area contributed by atoms with Gasteiger partial charge in [0.05, 0.1) is 0 Å². The quantitative estimate of drug-likeness (QED) is 0.836. The molecule has 0 saturated carbocycles. The molecule has 0 amide bonds. The van der Waals surface area contributed by atoms with Gasteiger partial charge in [-0.15, -0.1) is 13.2 Å². The topological polar surface area (TPSA) is 83.2 Å². The van der Waals surface area contributed by atoms with Crippen LogP contribution in [0.5, 0.6) is 5.75 Å². The minimum atomic E-state index is -5.03. The lowest BCUT2D eigenvalue weighted by Crippen LogP contribution is -2.19. The molecule has 5 nitrogen and oxygen atoms in total. The third kappa shape index (κ3) is 2.84. The fourth-order valence-corrected chi connectivity index (χ4v) is 0.868. The zero-order chi connectivity index (χ0) is 12.3. The Labute approximate surface area is 86.7 Å². The standard InChI is InChI=1S/C8H3F3N2O3/c9-8(10,11)16-6-1-4(2-12)13-3-5(6)7(14)15/h1,3H,(H,14,15). The fraction of sp³-hybridized carbons (Fsp3) is 0.125. The molecule has 1 heterocycles. The summed E-state index contributed by atoms with van der Waals surface area (Å²) < 4.78 is 39.2. The van der Waals surface area contributed by atoms with E-state index in [1.54, 1.807) is 0 Å². The smallest absolute Gasteiger partial charge is 0.477 e. The number of carboxylic acids is 1. The Morgan fingerprint density at radius 1 is 1.56 bits per heavy atom. The van der Waals surface area contributed by atoms with Gasteiger partial charge in [-0.1, -0.05) is 0 Å². The molecule has 0 aromatic carbocycles. The molecule has 84 valence electrons. The van der Waals surface area contributed by atoms with Gasteiger partial charge in [0.1, 0.15) is 23.1 Å². The van der Waals surface area contributed by atoms with Crippen LogP contribution in [0, 0.1) is 11.3 Å². The third-order valence-electron chi connectivity index (χ3n) is 1.44. The maximum Gasteiger partial charge on any atom is 0.573 e. The van der Waals surface area contributed by atoms with Crippen molar-refractivity contribution in [2.24, 2.45) is 0 Å². The molecule has 0 aliphatic rings. The minimum absolute atomic E-state index is 0.371. The molecule has 0 atom stereocenters. The second kappa shape index (κ2) is 4.06. The van der Waals surface area contributed by atoms with Gasteiger partial charge in [0, 0.05) is 12.3 Å². The highest BCUT2D eigenvalue weighted by atomic mass is 19.4. The second-order valence-electron chi connectivity index (χ2n) is 2.53. The van der Waals surface area contributed by atoms with E-state index in [9.17, 15) is 18.0 Å². The average molecular weight is 232 g/mol. The van der Waals surface area contributed by atoms with Gasteiger partial charge >= 0.3 is 12.3 Å². The summed E-state index contributed by atoms with van der Waals surface area (Å²) in [5.41, 5.74) is -1.14. The number of nitriles is 1. The molecule has 0 aliphatic carbocycles. The van der Waals surface area contributed by atoms with Crippen LogP contribution < -0.4 is 4.74 Å². The van der Waals surface area contributed by atoms with Crippen molar-refractivity contribution in [2.45, 2.75) is 6.36 Å². The van der Waals surface area contributed by atoms with Gasteiger partial charge in [0.15, 0.2) is 0 Å². The molecule has 16 heavy (non-hydrogen) atoms. The van der Waals surface area contributed by atoms with Gasteiger partial charge in [-0.2, -0.15) is 5.26 Å². The number of carboxylic acid groups (broad SMARTS) is 1. The predicted octanol–water partition coefficient (Wildman–Crippen LogP) is 1.55. The number of nitrogens with zero attached hydrogens (tertiary/aromatic N) is 2. The van der Waals surface area contributed by atoms with E-state index in [0.717, 1.165) is 0 Å². The van der Waals surface area contributed by atoms with Gasteiger partial charge in [0.25, 0.3) is 0 Å². The number of halogens is 3. The first-order valence-electron chi connectivity index (χ1n) is 3.72. The number of aromatic nitrogens is 1. The molecule has 0 fully saturated rings. The molecule has 1 aromatic rings. The largest absolute Gasteiger partial charge is 0.573 e. The fourth-order valence-electron chi connectivity index (χ4n) is 0.868. The number of aromatic carboxylic acids is 1. The van der Waals surface area contributed by atoms with E-state index in [1.807, 2.05) is 0 Å². The van der Waals surface area contributed by atoms with Crippen molar-refractivity contribution in [2.75, 3.05) is 0 Å². The summed E-state index contributed by atoms with van der Waals surface area (Å²) in [4.78, 5) is 13.9. The normalized spacial score (nSPS) is 10.6. The number of alkyl halides is 3. The van der Waals surface area contributed by atoms with Crippen LogP contribution in [-0.2, 0) is 0 Å². The van der Waals surface area contributed by atoms with E-state index in [1.165, 1.54) is 6.07 Å². The van der Waals surface area contributed by atoms with Crippen LogP contribution in [0.2, 0.25) is 0 Å². The zero-order valence-corrected chi connectivity index (χ0v) is 7.45. The van der Waals surface area contributed by atoms with Crippen LogP contribution in [0.4, 0.5) is 13.2 Å². The Hall–Kier alpha value is -2.30. The van der Waals surface area contributed by atoms with Gasteiger partial charge in [-0.05, 0) is 0 Å². The Morgan fingerprint density at radius 3 is 2.62 bits per heavy atom. The Morgan fingerprint density at radius 2 is 2.19 bits per heavy atom. The summed E-state index contributed by atoms with van der Waals surface area (Å²) in [6.07, 6.45) is -4.40. The Kier molecular flexibility index (Phi) is 2.99. The molecule has 0 aliphatic heterocycles. The summed E-state index contributed by atoms with van der Waals surface area (Å²) >= 11 is 0. The molecule has 0 spiro atoms. The number of carbonyl (C=O) groups is 1. The highest BCUT2D eigenvalue weighted by Crippen LogP contribution is 2.26. The van der Waals surface area contributed by atoms with E-state index in [-0.39, 0.29) is 5.69 Å². The van der Waals surface area contributed by atoms with Crippen molar-refractivity contribution in [3.8, 4) is 11.8 Å². The molecule has 1 N–H and O–H groups in total. The van der Waals surface area contributed by atoms with Gasteiger partial charge in [0.2, 0.25) is 0 Å². The van der Waals surface area contributed by atoms with Crippen molar-refractivity contribution in [3.05, 3.63) is 23.5 Å². The van der Waals surface area contributed by atoms with Crippen LogP contribution in [-0.4, -0.2) is 22.4 Å². The van der Waals surface area contributed by atoms with Crippen molar-refractivity contribution >= 4 is 5.97 Å². The van der Waals surface area contributed by atoms with Crippen LogP contribution in [0.1, 0.15) is 16.1 Å². The summed E-state index contributed by atoms with van der Waals surface area (Å²) in [5, 5.41) is 16.9. The molecular formula is C8H3F3N2O3. The van der Waals surface area contributed by atoms with Crippen molar-refractivity contribution in [1.82, 2.24) is 4.98 Å². The second-order valence-corrected chi connectivity index (χ2v) is 2.53. The maximum atomic E-state index is 11.9. The minimum Gasteiger partial charge on any atom is -0.477 e. The number of hydrogen-bond donors (Lipinski definition) is 1. The van der Waals surface area contributed by atoms with E-state index >= 15 is 0 Å². The molecule has 0 saturated heterocycles. The molecule has 0 bridgehead atoms. The Balaban J connectivity index is 3.22. The van der Waals surface area contributed by atoms with Crippen LogP contribution in [0.3, 0.4) is 0 Å². The summed E-state index contributed by atoms with van der Waals surface area (Å²) in [5.74, 6) is -2.59. The molecule has 0 unspecified atom stereocenters. The highest BCUT2D eigenvalue weighted by molar-refractivity contribution is 5.90. The van der Waals surface area contributed by atoms with E-state index in [0.29, 0.717) is 12.3 Å². The highest BCUT2D eigenvalue weighted by Gasteiger charge is 2.33. The monoisotopic (exact) mass is 232 g/mol. The molecule has 8 heteroatoms. The summed E-state index contributed by atoms with van der Waals surface area (Å²) in [6, 6.07) is 2.08. The first-order valence-corrected chi connectivity index (χ1v) is 3.72. The number of hydrogen-bond acceptors (Lipinski definition) is 4. The molecule has 0 radical (unpaired) electrons. The third-order valence-corrected chi connectivity index (χ3v) is 1.44. The van der Waals surface area contributed by atoms with E-state index in [2.05, 4.69) is 9.72 Å². The molecular weight excluding hydrogens is 229 g/mol. The van der Waals surface area contributed by atoms with Crippen LogP contribution in [0.15, 0.2) is 12.3 Å². The molecule has 1 aromatic heterocycles. The van der Waals surface area contributed by atoms with Gasteiger partial charge in [-0.3, -0.25) is 0 Å². The number of pyridine rings is 1. The lowest BCUT2D eigenvalue weighted by atomic mass is 10.2. The summed E-state index contributed by atoms with van der Waals surface area (Å²) in [7, 11) is 0. The van der Waals surface area contributed by atoms with Crippen LogP contribution >= 0.6 is 0 Å². The SMILES string of the molecule is N#Cc1cc(OC(F)(F)F)c(C(=O)O)cn1. The van der Waals surface area contributed by atoms with E-state index < -0.39 is 23.6 Å². The van der Waals surface area contributed by atoms with E-state index in [4.69, 9.17) is 10.4 Å². The first kappa shape index (κ1) is 11.8. The van der Waals surface area contributed by atoms with Gasteiger partial charge < -0.3 is 9.84 Å². The lowest BCUT2D eigenvalue weighted by molar-refractivity contribution is -0.274. The maximum absolute atomic E-state index is 11.9. The zero-order valence-electron chi connectivity index (χ0n) is 7.45. The lowest BCUT2D eigenvalue weighted by Gasteiger charge is -2.10. The Bertz CT molecular complexity index is 465. The van der Waals surface area contributed by atoms with Crippen molar-refractivity contribution in [3.63, 3.8) is 0 Å². The summed E-state index contributed by atoms with van der Waals surface area (Å²) in [6.45, 7) is 0. The van der Waals surface area contributed by atoms with Gasteiger partial charge in [-0.25, -0.2) is 9.78 Å². The van der Waals surface area contributed by atoms with Crippen LogP contribution in [0.25, 0.3) is 0 Å². The number of ether oxygens (including phenoxy) is 1. The predicted molar refractivity (Wildman–Crippen MR) is 42.6 cm³/mol. The van der Waals surface area contributed by atoms with Crippen molar-refractivity contribution < 1.29 is 27.8 Å². The number of rotatable bonds is 2. The van der Waals surface area contributed by atoms with Crippen molar-refractivity contribution in [1.29, 1.82) is 5.26 Å². The average Bonchev–Trinajstić information content (AvgIpc) is 2.14. The first-order chi connectivity index (χ1) is 7.33.